The van der Waals surface area contributed by atoms with E-state index in [4.69, 9.17) is 20.0 Å². The van der Waals surface area contributed by atoms with E-state index in [1.807, 2.05) is 43.4 Å². The van der Waals surface area contributed by atoms with Crippen molar-refractivity contribution in [2.75, 3.05) is 54.5 Å². The largest absolute Gasteiger partial charge is 0.378 e. The quantitative estimate of drug-likeness (QED) is 0.241. The monoisotopic (exact) mass is 484 g/mol. The number of hydrogen-bond acceptors (Lipinski definition) is 9. The fourth-order valence-electron chi connectivity index (χ4n) is 4.36. The van der Waals surface area contributed by atoms with Crippen molar-refractivity contribution < 1.29 is 4.74 Å². The van der Waals surface area contributed by atoms with Crippen molar-refractivity contribution in [1.29, 1.82) is 5.26 Å². The van der Waals surface area contributed by atoms with E-state index in [0.29, 0.717) is 44.0 Å². The Morgan fingerprint density at radius 2 is 1.86 bits per heavy atom. The van der Waals surface area contributed by atoms with E-state index in [1.165, 1.54) is 5.56 Å². The van der Waals surface area contributed by atoms with Crippen LogP contribution in [0.1, 0.15) is 18.2 Å². The van der Waals surface area contributed by atoms with Crippen molar-refractivity contribution in [3.05, 3.63) is 54.0 Å². The zero-order valence-corrected chi connectivity index (χ0v) is 20.2. The van der Waals surface area contributed by atoms with E-state index in [0.717, 1.165) is 48.8 Å². The fraction of sp³-hybridized carbons (Fsp3) is 0.360. The van der Waals surface area contributed by atoms with Gasteiger partial charge in [-0.05, 0) is 43.7 Å². The van der Waals surface area contributed by atoms with Crippen LogP contribution in [0.3, 0.4) is 0 Å². The molecule has 1 fully saturated rings. The van der Waals surface area contributed by atoms with Gasteiger partial charge in [0, 0.05) is 55.4 Å². The van der Waals surface area contributed by atoms with E-state index in [2.05, 4.69) is 35.4 Å². The first kappa shape index (κ1) is 23.4. The summed E-state index contributed by atoms with van der Waals surface area (Å²) in [6.07, 6.45) is 6.26. The Morgan fingerprint density at radius 1 is 1.08 bits per heavy atom. The first-order valence-corrected chi connectivity index (χ1v) is 12.1. The number of aliphatic imine (C=N–C) groups is 1. The number of ether oxygens (including phenoxy) is 1. The minimum Gasteiger partial charge on any atom is -0.378 e. The zero-order chi connectivity index (χ0) is 24.7. The second-order valence-corrected chi connectivity index (χ2v) is 8.38. The first-order chi connectivity index (χ1) is 17.7. The third kappa shape index (κ3) is 5.18. The van der Waals surface area contributed by atoms with E-state index < -0.39 is 0 Å². The molecule has 1 saturated heterocycles. The van der Waals surface area contributed by atoms with Crippen LogP contribution < -0.4 is 20.4 Å². The van der Waals surface area contributed by atoms with Gasteiger partial charge in [-0.2, -0.15) is 5.26 Å². The number of guanidine groups is 1. The van der Waals surface area contributed by atoms with Gasteiger partial charge < -0.3 is 19.9 Å². The van der Waals surface area contributed by atoms with E-state index in [-0.39, 0.29) is 0 Å². The molecular formula is C25H28N10O. The molecular weight excluding hydrogens is 456 g/mol. The molecule has 0 radical (unpaired) electrons. The van der Waals surface area contributed by atoms with Gasteiger partial charge in [0.15, 0.2) is 12.0 Å². The van der Waals surface area contributed by atoms with E-state index in [1.54, 1.807) is 12.4 Å². The van der Waals surface area contributed by atoms with E-state index >= 15 is 0 Å². The standard InChI is InChI=1S/C25H28N10O/c1-2-27-24(30-17-26)31-19-6-4-18(5-7-19)22-32-21-16-35(25-28-9-3-10-29-25)11-8-20(21)23(33-22)34-12-14-36-15-13-34/h3-7,9-10H,2,8,11-16H2,1H3,(H2,27,30,31). The number of rotatable bonds is 5. The minimum absolute atomic E-state index is 0.413. The van der Waals surface area contributed by atoms with Crippen molar-refractivity contribution >= 4 is 23.4 Å². The normalized spacial score (nSPS) is 15.7. The summed E-state index contributed by atoms with van der Waals surface area (Å²) in [7, 11) is 0. The smallest absolute Gasteiger partial charge is 0.225 e. The average molecular weight is 485 g/mol. The summed E-state index contributed by atoms with van der Waals surface area (Å²) in [5.41, 5.74) is 3.91. The lowest BCUT2D eigenvalue weighted by Gasteiger charge is -2.34. The van der Waals surface area contributed by atoms with Gasteiger partial charge in [-0.1, -0.05) is 0 Å². The van der Waals surface area contributed by atoms with Gasteiger partial charge in [0.25, 0.3) is 0 Å². The number of morpholine rings is 1. The molecule has 11 nitrogen and oxygen atoms in total. The average Bonchev–Trinajstić information content (AvgIpc) is 2.94. The summed E-state index contributed by atoms with van der Waals surface area (Å²) in [5.74, 6) is 2.79. The molecule has 0 spiro atoms. The van der Waals surface area contributed by atoms with Crippen LogP contribution in [-0.4, -0.2) is 65.3 Å². The molecule has 0 aliphatic carbocycles. The molecule has 0 amide bonds. The third-order valence-corrected chi connectivity index (χ3v) is 6.09. The number of nitrogens with zero attached hydrogens (tertiary/aromatic N) is 8. The molecule has 2 aliphatic heterocycles. The lowest BCUT2D eigenvalue weighted by molar-refractivity contribution is 0.122. The predicted molar refractivity (Wildman–Crippen MR) is 138 cm³/mol. The molecule has 2 aromatic heterocycles. The Labute approximate surface area is 209 Å². The van der Waals surface area contributed by atoms with Gasteiger partial charge >= 0.3 is 0 Å². The van der Waals surface area contributed by atoms with E-state index in [9.17, 15) is 0 Å². The Balaban J connectivity index is 1.46. The van der Waals surface area contributed by atoms with Crippen molar-refractivity contribution in [1.82, 2.24) is 25.3 Å². The Hall–Kier alpha value is -4.30. The molecule has 5 rings (SSSR count). The van der Waals surface area contributed by atoms with Gasteiger partial charge in [0.05, 0.1) is 25.5 Å². The lowest BCUT2D eigenvalue weighted by Crippen LogP contribution is -2.39. The Kier molecular flexibility index (Phi) is 7.14. The zero-order valence-electron chi connectivity index (χ0n) is 20.2. The molecule has 0 atom stereocenters. The number of aromatic nitrogens is 4. The molecule has 11 heteroatoms. The maximum Gasteiger partial charge on any atom is 0.225 e. The van der Waals surface area contributed by atoms with Crippen molar-refractivity contribution in [3.8, 4) is 17.6 Å². The summed E-state index contributed by atoms with van der Waals surface area (Å²) in [4.78, 5) is 27.6. The highest BCUT2D eigenvalue weighted by Gasteiger charge is 2.27. The summed E-state index contributed by atoms with van der Waals surface area (Å²) in [5, 5.41) is 14.6. The van der Waals surface area contributed by atoms with Gasteiger partial charge in [-0.15, -0.1) is 0 Å². The highest BCUT2D eigenvalue weighted by atomic mass is 16.5. The minimum atomic E-state index is 0.413. The second kappa shape index (κ2) is 11.0. The van der Waals surface area contributed by atoms with Crippen molar-refractivity contribution in [3.63, 3.8) is 0 Å². The maximum absolute atomic E-state index is 8.93. The molecule has 3 aromatic rings. The molecule has 2 aliphatic rings. The van der Waals surface area contributed by atoms with Crippen LogP contribution in [0.25, 0.3) is 11.4 Å². The van der Waals surface area contributed by atoms with Crippen LogP contribution in [-0.2, 0) is 17.7 Å². The number of fused-ring (bicyclic) bond motifs is 1. The molecule has 4 heterocycles. The van der Waals surface area contributed by atoms with Crippen LogP contribution in [0.4, 0.5) is 17.5 Å². The van der Waals surface area contributed by atoms with Crippen LogP contribution in [0.15, 0.2) is 47.7 Å². The number of anilines is 3. The Morgan fingerprint density at radius 3 is 2.58 bits per heavy atom. The molecule has 0 bridgehead atoms. The van der Waals surface area contributed by atoms with Gasteiger partial charge in [-0.3, -0.25) is 10.3 Å². The molecule has 0 saturated carbocycles. The number of nitrogens with one attached hydrogen (secondary N) is 2. The molecule has 36 heavy (non-hydrogen) atoms. The van der Waals surface area contributed by atoms with Gasteiger partial charge in [0.2, 0.25) is 11.9 Å². The third-order valence-electron chi connectivity index (χ3n) is 6.09. The van der Waals surface area contributed by atoms with Crippen LogP contribution in [0.2, 0.25) is 0 Å². The highest BCUT2D eigenvalue weighted by molar-refractivity contribution is 5.94. The highest BCUT2D eigenvalue weighted by Crippen LogP contribution is 2.31. The summed E-state index contributed by atoms with van der Waals surface area (Å²) < 4.78 is 5.58. The second-order valence-electron chi connectivity index (χ2n) is 8.38. The molecule has 2 N–H and O–H groups in total. The fourth-order valence-corrected chi connectivity index (χ4v) is 4.36. The van der Waals surface area contributed by atoms with Gasteiger partial charge in [-0.25, -0.2) is 19.9 Å². The number of hydrogen-bond donors (Lipinski definition) is 2. The SMILES string of the molecule is CCN=C(NC#N)Nc1ccc(-c2nc3c(c(N4CCOCC4)n2)CCN(c2ncccn2)C3)cc1. The molecule has 184 valence electrons. The van der Waals surface area contributed by atoms with Crippen molar-refractivity contribution in [2.24, 2.45) is 4.99 Å². The lowest BCUT2D eigenvalue weighted by atomic mass is 10.0. The summed E-state index contributed by atoms with van der Waals surface area (Å²) >= 11 is 0. The molecule has 0 unspecified atom stereocenters. The predicted octanol–water partition coefficient (Wildman–Crippen LogP) is 2.19. The first-order valence-electron chi connectivity index (χ1n) is 12.1. The Bertz CT molecular complexity index is 1250. The number of nitriles is 1. The maximum atomic E-state index is 8.93. The van der Waals surface area contributed by atoms with Crippen LogP contribution in [0.5, 0.6) is 0 Å². The van der Waals surface area contributed by atoms with Crippen LogP contribution in [0, 0.1) is 11.5 Å². The summed E-state index contributed by atoms with van der Waals surface area (Å²) in [6.45, 7) is 6.92. The van der Waals surface area contributed by atoms with Gasteiger partial charge in [0.1, 0.15) is 5.82 Å². The number of benzene rings is 1. The molecule has 1 aromatic carbocycles. The van der Waals surface area contributed by atoms with Crippen molar-refractivity contribution in [2.45, 2.75) is 19.9 Å². The topological polar surface area (TPSA) is 127 Å². The summed E-state index contributed by atoms with van der Waals surface area (Å²) in [6, 6.07) is 9.64. The van der Waals surface area contributed by atoms with Crippen LogP contribution >= 0.6 is 0 Å².